The average Bonchev–Trinajstić information content (AvgIpc) is 2.16. The molecule has 1 aliphatic carbocycles. The van der Waals surface area contributed by atoms with Crippen LogP contribution in [-0.4, -0.2) is 30.1 Å². The van der Waals surface area contributed by atoms with Crippen LogP contribution in [0.2, 0.25) is 0 Å². The van der Waals surface area contributed by atoms with Crippen LogP contribution in [0.4, 0.5) is 0 Å². The molecular formula is C12H25NO2. The normalized spacial score (nSPS) is 33.0. The third-order valence-corrected chi connectivity index (χ3v) is 3.19. The molecule has 0 aromatic heterocycles. The first kappa shape index (κ1) is 12.9. The van der Waals surface area contributed by atoms with Crippen molar-refractivity contribution < 1.29 is 9.84 Å². The minimum Gasteiger partial charge on any atom is -0.365 e. The number of nitrogens with one attached hydrogen (secondary N) is 1. The molecule has 0 spiro atoms. The third-order valence-electron chi connectivity index (χ3n) is 3.19. The van der Waals surface area contributed by atoms with Crippen molar-refractivity contribution in [2.75, 3.05) is 13.7 Å². The van der Waals surface area contributed by atoms with Crippen molar-refractivity contribution in [2.24, 2.45) is 5.92 Å². The Morgan fingerprint density at radius 3 is 2.27 bits per heavy atom. The molecule has 1 rings (SSSR count). The van der Waals surface area contributed by atoms with E-state index < -0.39 is 5.79 Å². The predicted octanol–water partition coefficient (Wildman–Crippen LogP) is 1.90. The fourth-order valence-corrected chi connectivity index (χ4v) is 1.99. The van der Waals surface area contributed by atoms with E-state index in [9.17, 15) is 5.11 Å². The second-order valence-electron chi connectivity index (χ2n) is 5.72. The van der Waals surface area contributed by atoms with Gasteiger partial charge in [0.1, 0.15) is 0 Å². The van der Waals surface area contributed by atoms with Crippen molar-refractivity contribution in [1.82, 2.24) is 5.32 Å². The highest BCUT2D eigenvalue weighted by Gasteiger charge is 2.32. The number of rotatable bonds is 3. The first-order valence-corrected chi connectivity index (χ1v) is 5.87. The van der Waals surface area contributed by atoms with Gasteiger partial charge in [0.05, 0.1) is 0 Å². The maximum Gasteiger partial charge on any atom is 0.165 e. The highest BCUT2D eigenvalue weighted by atomic mass is 16.6. The predicted molar refractivity (Wildman–Crippen MR) is 61.7 cm³/mol. The van der Waals surface area contributed by atoms with Gasteiger partial charge in [0, 0.05) is 25.5 Å². The van der Waals surface area contributed by atoms with E-state index in [2.05, 4.69) is 26.1 Å². The monoisotopic (exact) mass is 215 g/mol. The standard InChI is InChI=1S/C12H25NO2/c1-11(2,3)13-9-10-5-7-12(14,15-4)8-6-10/h10,13-14H,5-9H2,1-4H3. The zero-order valence-corrected chi connectivity index (χ0v) is 10.5. The Kier molecular flexibility index (Phi) is 4.15. The second kappa shape index (κ2) is 4.81. The maximum absolute atomic E-state index is 9.88. The van der Waals surface area contributed by atoms with Gasteiger partial charge < -0.3 is 15.2 Å². The number of hydrogen-bond acceptors (Lipinski definition) is 3. The van der Waals surface area contributed by atoms with E-state index in [-0.39, 0.29) is 5.54 Å². The minimum atomic E-state index is -0.849. The largest absolute Gasteiger partial charge is 0.365 e. The molecule has 1 saturated carbocycles. The van der Waals surface area contributed by atoms with Crippen LogP contribution in [0.5, 0.6) is 0 Å². The second-order valence-corrected chi connectivity index (χ2v) is 5.72. The molecule has 0 unspecified atom stereocenters. The Hall–Kier alpha value is -0.120. The number of hydrogen-bond donors (Lipinski definition) is 2. The summed E-state index contributed by atoms with van der Waals surface area (Å²) >= 11 is 0. The van der Waals surface area contributed by atoms with Crippen LogP contribution < -0.4 is 5.32 Å². The Morgan fingerprint density at radius 1 is 1.33 bits per heavy atom. The van der Waals surface area contributed by atoms with Gasteiger partial charge in [-0.15, -0.1) is 0 Å². The van der Waals surface area contributed by atoms with Gasteiger partial charge in [0.2, 0.25) is 0 Å². The molecule has 0 atom stereocenters. The van der Waals surface area contributed by atoms with Gasteiger partial charge >= 0.3 is 0 Å². The summed E-state index contributed by atoms with van der Waals surface area (Å²) in [6.45, 7) is 7.59. The quantitative estimate of drug-likeness (QED) is 0.707. The van der Waals surface area contributed by atoms with Crippen molar-refractivity contribution in [3.05, 3.63) is 0 Å². The van der Waals surface area contributed by atoms with Gasteiger partial charge in [-0.25, -0.2) is 0 Å². The summed E-state index contributed by atoms with van der Waals surface area (Å²) in [5, 5.41) is 13.4. The van der Waals surface area contributed by atoms with Crippen LogP contribution >= 0.6 is 0 Å². The van der Waals surface area contributed by atoms with Crippen LogP contribution in [-0.2, 0) is 4.74 Å². The molecule has 0 amide bonds. The lowest BCUT2D eigenvalue weighted by Gasteiger charge is -2.35. The Bertz CT molecular complexity index is 190. The molecule has 0 saturated heterocycles. The van der Waals surface area contributed by atoms with Crippen molar-refractivity contribution in [1.29, 1.82) is 0 Å². The Labute approximate surface area is 93.2 Å². The zero-order valence-electron chi connectivity index (χ0n) is 10.5. The molecule has 3 nitrogen and oxygen atoms in total. The highest BCUT2D eigenvalue weighted by molar-refractivity contribution is 4.81. The van der Waals surface area contributed by atoms with E-state index in [1.54, 1.807) is 7.11 Å². The number of methoxy groups -OCH3 is 1. The van der Waals surface area contributed by atoms with Crippen molar-refractivity contribution >= 4 is 0 Å². The molecule has 0 radical (unpaired) electrons. The molecule has 3 heteroatoms. The molecule has 0 bridgehead atoms. The lowest BCUT2D eigenvalue weighted by Crippen LogP contribution is -2.42. The van der Waals surface area contributed by atoms with E-state index in [4.69, 9.17) is 4.74 Å². The van der Waals surface area contributed by atoms with Crippen LogP contribution in [0, 0.1) is 5.92 Å². The molecule has 2 N–H and O–H groups in total. The van der Waals surface area contributed by atoms with E-state index in [0.717, 1.165) is 32.2 Å². The molecule has 1 fully saturated rings. The van der Waals surface area contributed by atoms with E-state index >= 15 is 0 Å². The van der Waals surface area contributed by atoms with E-state index in [1.807, 2.05) is 0 Å². The molecule has 15 heavy (non-hydrogen) atoms. The van der Waals surface area contributed by atoms with Crippen LogP contribution in [0.3, 0.4) is 0 Å². The summed E-state index contributed by atoms with van der Waals surface area (Å²) in [5.74, 6) is -0.169. The van der Waals surface area contributed by atoms with Crippen LogP contribution in [0.1, 0.15) is 46.5 Å². The molecule has 0 aliphatic heterocycles. The molecule has 90 valence electrons. The smallest absolute Gasteiger partial charge is 0.165 e. The third kappa shape index (κ3) is 4.49. The topological polar surface area (TPSA) is 41.5 Å². The fourth-order valence-electron chi connectivity index (χ4n) is 1.99. The van der Waals surface area contributed by atoms with Gasteiger partial charge in [-0.3, -0.25) is 0 Å². The summed E-state index contributed by atoms with van der Waals surface area (Å²) in [4.78, 5) is 0. The summed E-state index contributed by atoms with van der Waals surface area (Å²) in [6, 6.07) is 0. The lowest BCUT2D eigenvalue weighted by atomic mass is 9.84. The van der Waals surface area contributed by atoms with E-state index in [1.165, 1.54) is 0 Å². The lowest BCUT2D eigenvalue weighted by molar-refractivity contribution is -0.207. The van der Waals surface area contributed by atoms with Crippen LogP contribution in [0.15, 0.2) is 0 Å². The molecule has 0 heterocycles. The Morgan fingerprint density at radius 2 is 1.87 bits per heavy atom. The number of ether oxygens (including phenoxy) is 1. The molecule has 1 aliphatic rings. The van der Waals surface area contributed by atoms with Gasteiger partial charge in [0.15, 0.2) is 5.79 Å². The first-order chi connectivity index (χ1) is 6.85. The van der Waals surface area contributed by atoms with Crippen LogP contribution in [0.25, 0.3) is 0 Å². The van der Waals surface area contributed by atoms with Gasteiger partial charge in [0.25, 0.3) is 0 Å². The fraction of sp³-hybridized carbons (Fsp3) is 1.00. The van der Waals surface area contributed by atoms with Gasteiger partial charge in [-0.2, -0.15) is 0 Å². The summed E-state index contributed by atoms with van der Waals surface area (Å²) < 4.78 is 5.11. The molecule has 0 aromatic rings. The average molecular weight is 215 g/mol. The summed E-state index contributed by atoms with van der Waals surface area (Å²) in [6.07, 6.45) is 3.63. The van der Waals surface area contributed by atoms with Crippen molar-refractivity contribution in [3.8, 4) is 0 Å². The highest BCUT2D eigenvalue weighted by Crippen LogP contribution is 2.32. The summed E-state index contributed by atoms with van der Waals surface area (Å²) in [7, 11) is 1.59. The Balaban J connectivity index is 2.26. The maximum atomic E-state index is 9.88. The molecule has 0 aromatic carbocycles. The van der Waals surface area contributed by atoms with Crippen molar-refractivity contribution in [3.63, 3.8) is 0 Å². The number of aliphatic hydroxyl groups is 1. The van der Waals surface area contributed by atoms with Crippen molar-refractivity contribution in [2.45, 2.75) is 57.8 Å². The van der Waals surface area contributed by atoms with Gasteiger partial charge in [-0.1, -0.05) is 0 Å². The van der Waals surface area contributed by atoms with E-state index in [0.29, 0.717) is 5.92 Å². The molecular weight excluding hydrogens is 190 g/mol. The van der Waals surface area contributed by atoms with Gasteiger partial charge in [-0.05, 0) is 46.1 Å². The zero-order chi connectivity index (χ0) is 11.5. The first-order valence-electron chi connectivity index (χ1n) is 5.87. The SMILES string of the molecule is COC1(O)CCC(CNC(C)(C)C)CC1. The minimum absolute atomic E-state index is 0.189. The summed E-state index contributed by atoms with van der Waals surface area (Å²) in [5.41, 5.74) is 0.189.